The normalized spacial score (nSPS) is 10.6. The number of nitrogens with one attached hydrogen (secondary N) is 1. The summed E-state index contributed by atoms with van der Waals surface area (Å²) in [5.74, 6) is 0.939. The molecule has 1 N–H and O–H groups in total. The first-order valence-electron chi connectivity index (χ1n) is 9.63. The number of nitrogens with zero attached hydrogens (tertiary/aromatic N) is 4. The van der Waals surface area contributed by atoms with Crippen molar-refractivity contribution in [2.45, 2.75) is 13.8 Å². The van der Waals surface area contributed by atoms with Crippen LogP contribution in [0.2, 0.25) is 0 Å². The van der Waals surface area contributed by atoms with E-state index in [1.54, 1.807) is 23.7 Å². The molecule has 30 heavy (non-hydrogen) atoms. The zero-order valence-electron chi connectivity index (χ0n) is 16.7. The third-order valence-corrected chi connectivity index (χ3v) is 4.44. The number of aromatic nitrogens is 4. The van der Waals surface area contributed by atoms with Gasteiger partial charge >= 0.3 is 5.97 Å². The van der Waals surface area contributed by atoms with Crippen molar-refractivity contribution in [3.05, 3.63) is 84.3 Å². The van der Waals surface area contributed by atoms with Crippen LogP contribution in [0.5, 0.6) is 0 Å². The standard InChI is InChI=1S/C23H21N5O2/c1-3-30-23(29)18-9-11-19(12-10-18)26-21-14-22(25-15-24-21)28-20(13-16(2)27-28)17-7-5-4-6-8-17/h4-15H,3H2,1-2H3,(H,24,25,26). The molecule has 0 aliphatic heterocycles. The predicted octanol–water partition coefficient (Wildman–Crippen LogP) is 4.56. The second kappa shape index (κ2) is 8.57. The van der Waals surface area contributed by atoms with Crippen molar-refractivity contribution in [3.8, 4) is 17.1 Å². The Morgan fingerprint density at radius 3 is 2.53 bits per heavy atom. The van der Waals surface area contributed by atoms with Crippen LogP contribution in [0.3, 0.4) is 0 Å². The van der Waals surface area contributed by atoms with Crippen molar-refractivity contribution in [3.63, 3.8) is 0 Å². The van der Waals surface area contributed by atoms with E-state index in [9.17, 15) is 4.79 Å². The number of hydrogen-bond donors (Lipinski definition) is 1. The monoisotopic (exact) mass is 399 g/mol. The minimum absolute atomic E-state index is 0.337. The van der Waals surface area contributed by atoms with Gasteiger partial charge in [-0.3, -0.25) is 0 Å². The first-order valence-corrected chi connectivity index (χ1v) is 9.63. The first kappa shape index (κ1) is 19.3. The van der Waals surface area contributed by atoms with Crippen LogP contribution in [0.15, 0.2) is 73.1 Å². The maximum atomic E-state index is 11.8. The molecule has 2 heterocycles. The van der Waals surface area contributed by atoms with Crippen LogP contribution in [0.1, 0.15) is 23.0 Å². The molecular weight excluding hydrogens is 378 g/mol. The molecule has 4 rings (SSSR count). The summed E-state index contributed by atoms with van der Waals surface area (Å²) in [6, 6.07) is 21.0. The molecule has 4 aromatic rings. The molecule has 0 saturated carbocycles. The maximum Gasteiger partial charge on any atom is 0.338 e. The molecule has 7 heteroatoms. The van der Waals surface area contributed by atoms with Crippen LogP contribution >= 0.6 is 0 Å². The molecule has 0 unspecified atom stereocenters. The van der Waals surface area contributed by atoms with E-state index in [1.165, 1.54) is 6.33 Å². The minimum atomic E-state index is -0.337. The summed E-state index contributed by atoms with van der Waals surface area (Å²) in [6.07, 6.45) is 1.50. The zero-order valence-corrected chi connectivity index (χ0v) is 16.7. The van der Waals surface area contributed by atoms with E-state index in [0.717, 1.165) is 22.6 Å². The fraction of sp³-hybridized carbons (Fsp3) is 0.130. The van der Waals surface area contributed by atoms with Crippen LogP contribution < -0.4 is 5.32 Å². The van der Waals surface area contributed by atoms with Gasteiger partial charge in [0.25, 0.3) is 0 Å². The third-order valence-electron chi connectivity index (χ3n) is 4.44. The van der Waals surface area contributed by atoms with Gasteiger partial charge in [-0.2, -0.15) is 5.10 Å². The van der Waals surface area contributed by atoms with E-state index in [2.05, 4.69) is 20.4 Å². The molecule has 2 aromatic carbocycles. The lowest BCUT2D eigenvalue weighted by molar-refractivity contribution is 0.0526. The van der Waals surface area contributed by atoms with E-state index in [4.69, 9.17) is 4.74 Å². The molecule has 0 saturated heterocycles. The molecule has 0 bridgehead atoms. The van der Waals surface area contributed by atoms with Gasteiger partial charge in [-0.05, 0) is 44.2 Å². The number of anilines is 2. The summed E-state index contributed by atoms with van der Waals surface area (Å²) in [7, 11) is 0. The number of ether oxygens (including phenoxy) is 1. The van der Waals surface area contributed by atoms with Crippen molar-refractivity contribution in [1.82, 2.24) is 19.7 Å². The van der Waals surface area contributed by atoms with Gasteiger partial charge in [0.2, 0.25) is 0 Å². The molecule has 0 amide bonds. The fourth-order valence-electron chi connectivity index (χ4n) is 3.07. The van der Waals surface area contributed by atoms with Gasteiger partial charge in [0, 0.05) is 17.3 Å². The fourth-order valence-corrected chi connectivity index (χ4v) is 3.07. The van der Waals surface area contributed by atoms with E-state index in [-0.39, 0.29) is 5.97 Å². The smallest absolute Gasteiger partial charge is 0.338 e. The largest absolute Gasteiger partial charge is 0.462 e. The summed E-state index contributed by atoms with van der Waals surface area (Å²) in [5, 5.41) is 7.84. The van der Waals surface area contributed by atoms with Crippen molar-refractivity contribution in [2.75, 3.05) is 11.9 Å². The zero-order chi connectivity index (χ0) is 20.9. The SMILES string of the molecule is CCOC(=O)c1ccc(Nc2cc(-n3nc(C)cc3-c3ccccc3)ncn2)cc1. The molecule has 0 atom stereocenters. The molecular formula is C23H21N5O2. The van der Waals surface area contributed by atoms with Crippen LogP contribution in [0.4, 0.5) is 11.5 Å². The average molecular weight is 399 g/mol. The molecule has 0 spiro atoms. The summed E-state index contributed by atoms with van der Waals surface area (Å²) in [4.78, 5) is 20.5. The Morgan fingerprint density at radius 2 is 1.80 bits per heavy atom. The highest BCUT2D eigenvalue weighted by atomic mass is 16.5. The topological polar surface area (TPSA) is 81.9 Å². The molecule has 0 aliphatic rings. The molecule has 7 nitrogen and oxygen atoms in total. The quantitative estimate of drug-likeness (QED) is 0.479. The Kier molecular flexibility index (Phi) is 5.52. The highest BCUT2D eigenvalue weighted by molar-refractivity contribution is 5.89. The first-order chi connectivity index (χ1) is 14.6. The molecule has 0 aliphatic carbocycles. The highest BCUT2D eigenvalue weighted by Crippen LogP contribution is 2.24. The maximum absolute atomic E-state index is 11.8. The van der Waals surface area contributed by atoms with Crippen LogP contribution in [-0.2, 0) is 4.74 Å². The van der Waals surface area contributed by atoms with Gasteiger partial charge < -0.3 is 10.1 Å². The summed E-state index contributed by atoms with van der Waals surface area (Å²) in [5.41, 5.74) is 4.21. The third kappa shape index (κ3) is 4.20. The van der Waals surface area contributed by atoms with E-state index in [0.29, 0.717) is 23.8 Å². The van der Waals surface area contributed by atoms with Crippen molar-refractivity contribution >= 4 is 17.5 Å². The van der Waals surface area contributed by atoms with Crippen molar-refractivity contribution in [1.29, 1.82) is 0 Å². The summed E-state index contributed by atoms with van der Waals surface area (Å²) in [6.45, 7) is 4.08. The lowest BCUT2D eigenvalue weighted by atomic mass is 10.1. The van der Waals surface area contributed by atoms with Crippen molar-refractivity contribution in [2.24, 2.45) is 0 Å². The second-order valence-electron chi connectivity index (χ2n) is 6.63. The average Bonchev–Trinajstić information content (AvgIpc) is 3.17. The number of aryl methyl sites for hydroxylation is 1. The lowest BCUT2D eigenvalue weighted by Gasteiger charge is -2.10. The van der Waals surface area contributed by atoms with Gasteiger partial charge in [0.05, 0.1) is 23.6 Å². The molecule has 2 aromatic heterocycles. The Morgan fingerprint density at radius 1 is 1.03 bits per heavy atom. The number of carbonyl (C=O) groups is 1. The van der Waals surface area contributed by atoms with E-state index >= 15 is 0 Å². The Hall–Kier alpha value is -4.00. The van der Waals surface area contributed by atoms with Gasteiger partial charge in [0.1, 0.15) is 12.1 Å². The number of carbonyl (C=O) groups excluding carboxylic acids is 1. The number of esters is 1. The van der Waals surface area contributed by atoms with Gasteiger partial charge in [-0.15, -0.1) is 0 Å². The number of benzene rings is 2. The summed E-state index contributed by atoms with van der Waals surface area (Å²) >= 11 is 0. The Bertz CT molecular complexity index is 1150. The van der Waals surface area contributed by atoms with Crippen molar-refractivity contribution < 1.29 is 9.53 Å². The lowest BCUT2D eigenvalue weighted by Crippen LogP contribution is -2.05. The molecule has 150 valence electrons. The molecule has 0 fully saturated rings. The second-order valence-corrected chi connectivity index (χ2v) is 6.63. The van der Waals surface area contributed by atoms with Gasteiger partial charge in [0.15, 0.2) is 5.82 Å². The number of rotatable bonds is 6. The Labute approximate surface area is 174 Å². The van der Waals surface area contributed by atoms with Crippen LogP contribution in [0.25, 0.3) is 17.1 Å². The highest BCUT2D eigenvalue weighted by Gasteiger charge is 2.12. The Balaban J connectivity index is 1.59. The van der Waals surface area contributed by atoms with Crippen LogP contribution in [-0.4, -0.2) is 32.3 Å². The summed E-state index contributed by atoms with van der Waals surface area (Å²) < 4.78 is 6.82. The number of hydrogen-bond acceptors (Lipinski definition) is 6. The van der Waals surface area contributed by atoms with Gasteiger partial charge in [-0.1, -0.05) is 30.3 Å². The predicted molar refractivity (Wildman–Crippen MR) is 115 cm³/mol. The van der Waals surface area contributed by atoms with E-state index in [1.807, 2.05) is 61.5 Å². The molecule has 0 radical (unpaired) electrons. The minimum Gasteiger partial charge on any atom is -0.462 e. The van der Waals surface area contributed by atoms with Crippen LogP contribution in [0, 0.1) is 6.92 Å². The van der Waals surface area contributed by atoms with Gasteiger partial charge in [-0.25, -0.2) is 19.4 Å². The van der Waals surface area contributed by atoms with E-state index < -0.39 is 0 Å².